The number of halogens is 1. The lowest BCUT2D eigenvalue weighted by Crippen LogP contribution is -2.24. The summed E-state index contributed by atoms with van der Waals surface area (Å²) >= 11 is 3.39. The van der Waals surface area contributed by atoms with Crippen LogP contribution in [0.2, 0.25) is 0 Å². The van der Waals surface area contributed by atoms with E-state index in [1.807, 2.05) is 36.4 Å². The zero-order chi connectivity index (χ0) is 18.1. The first kappa shape index (κ1) is 19.2. The molecule has 0 bridgehead atoms. The van der Waals surface area contributed by atoms with Crippen LogP contribution >= 0.6 is 15.9 Å². The highest BCUT2D eigenvalue weighted by molar-refractivity contribution is 9.10. The van der Waals surface area contributed by atoms with Crippen LogP contribution in [-0.2, 0) is 4.79 Å². The van der Waals surface area contributed by atoms with Crippen LogP contribution < -0.4 is 10.2 Å². The fourth-order valence-electron chi connectivity index (χ4n) is 2.44. The number of hydrogen-bond donors (Lipinski definition) is 1. The van der Waals surface area contributed by atoms with E-state index in [0.717, 1.165) is 10.0 Å². The minimum Gasteiger partial charge on any atom is -0.484 e. The van der Waals surface area contributed by atoms with Crippen molar-refractivity contribution in [1.82, 2.24) is 5.43 Å². The molecule has 5 heteroatoms. The molecule has 0 aliphatic heterocycles. The normalized spacial score (nSPS) is 12.1. The number of ether oxygens (including phenoxy) is 1. The van der Waals surface area contributed by atoms with Crippen molar-refractivity contribution in [1.29, 1.82) is 0 Å². The highest BCUT2D eigenvalue weighted by Gasteiger charge is 2.05. The van der Waals surface area contributed by atoms with E-state index in [9.17, 15) is 4.79 Å². The number of nitrogens with one attached hydrogen (secondary N) is 1. The van der Waals surface area contributed by atoms with E-state index in [0.29, 0.717) is 11.7 Å². The molecular formula is C20H23BrN2O2. The number of amides is 1. The Balaban J connectivity index is 1.78. The van der Waals surface area contributed by atoms with Gasteiger partial charge in [-0.25, -0.2) is 5.43 Å². The second-order valence-corrected chi connectivity index (χ2v) is 6.81. The van der Waals surface area contributed by atoms with Gasteiger partial charge in [-0.3, -0.25) is 4.79 Å². The number of hydrogen-bond acceptors (Lipinski definition) is 3. The molecule has 0 spiro atoms. The maximum atomic E-state index is 11.8. The summed E-state index contributed by atoms with van der Waals surface area (Å²) < 4.78 is 6.45. The summed E-state index contributed by atoms with van der Waals surface area (Å²) in [6.07, 6.45) is 3.92. The molecule has 0 heterocycles. The van der Waals surface area contributed by atoms with E-state index in [4.69, 9.17) is 4.74 Å². The van der Waals surface area contributed by atoms with Gasteiger partial charge < -0.3 is 4.74 Å². The molecule has 1 amide bonds. The first-order chi connectivity index (χ1) is 12.1. The van der Waals surface area contributed by atoms with E-state index < -0.39 is 0 Å². The quantitative estimate of drug-likeness (QED) is 0.505. The van der Waals surface area contributed by atoms with E-state index >= 15 is 0 Å². The number of hydrazone groups is 1. The Morgan fingerprint density at radius 1 is 1.28 bits per heavy atom. The van der Waals surface area contributed by atoms with Gasteiger partial charge in [-0.1, -0.05) is 60.5 Å². The highest BCUT2D eigenvalue weighted by atomic mass is 79.9. The number of carbonyl (C=O) groups is 1. The van der Waals surface area contributed by atoms with E-state index in [2.05, 4.69) is 52.4 Å². The van der Waals surface area contributed by atoms with Crippen molar-refractivity contribution in [3.8, 4) is 5.75 Å². The summed E-state index contributed by atoms with van der Waals surface area (Å²) in [5, 5.41) is 3.93. The van der Waals surface area contributed by atoms with E-state index in [-0.39, 0.29) is 12.5 Å². The minimum absolute atomic E-state index is 0.0698. The first-order valence-corrected chi connectivity index (χ1v) is 9.18. The minimum atomic E-state index is -0.297. The van der Waals surface area contributed by atoms with Crippen molar-refractivity contribution < 1.29 is 9.53 Å². The molecule has 132 valence electrons. The van der Waals surface area contributed by atoms with Crippen molar-refractivity contribution in [2.24, 2.45) is 5.10 Å². The fourth-order valence-corrected chi connectivity index (χ4v) is 2.86. The Morgan fingerprint density at radius 2 is 2.04 bits per heavy atom. The van der Waals surface area contributed by atoms with Gasteiger partial charge in [0, 0.05) is 4.47 Å². The Kier molecular flexibility index (Phi) is 7.67. The lowest BCUT2D eigenvalue weighted by atomic mass is 9.97. The molecule has 0 aliphatic rings. The lowest BCUT2D eigenvalue weighted by molar-refractivity contribution is -0.123. The largest absolute Gasteiger partial charge is 0.484 e. The summed E-state index contributed by atoms with van der Waals surface area (Å²) in [6, 6.07) is 15.6. The first-order valence-electron chi connectivity index (χ1n) is 8.38. The van der Waals surface area contributed by atoms with Crippen LogP contribution in [0.4, 0.5) is 0 Å². The Hall–Kier alpha value is -2.14. The Bertz CT molecular complexity index is 714. The van der Waals surface area contributed by atoms with Gasteiger partial charge in [0.2, 0.25) is 0 Å². The summed E-state index contributed by atoms with van der Waals surface area (Å²) in [5.41, 5.74) is 4.64. The molecule has 0 aromatic heterocycles. The standard InChI is InChI=1S/C20H23BrN2O2/c1-3-5-15(2)17-8-10-19(11-9-17)25-14-20(24)23-22-13-16-6-4-7-18(21)12-16/h4,6-13,15H,3,5,14H2,1-2H3,(H,23,24)/b22-13-/t15-/m1/s1. The molecule has 25 heavy (non-hydrogen) atoms. The average Bonchev–Trinajstić information content (AvgIpc) is 2.61. The summed E-state index contributed by atoms with van der Waals surface area (Å²) in [4.78, 5) is 11.8. The van der Waals surface area contributed by atoms with Gasteiger partial charge in [0.05, 0.1) is 6.21 Å². The number of carbonyl (C=O) groups excluding carboxylic acids is 1. The van der Waals surface area contributed by atoms with E-state index in [1.54, 1.807) is 6.21 Å². The van der Waals surface area contributed by atoms with Crippen LogP contribution in [0.25, 0.3) is 0 Å². The molecule has 0 fully saturated rings. The van der Waals surface area contributed by atoms with Gasteiger partial charge in [-0.15, -0.1) is 0 Å². The van der Waals surface area contributed by atoms with Gasteiger partial charge in [0.15, 0.2) is 6.61 Å². The molecule has 0 aliphatic carbocycles. The van der Waals surface area contributed by atoms with Gasteiger partial charge in [0.1, 0.15) is 5.75 Å². The smallest absolute Gasteiger partial charge is 0.277 e. The number of rotatable bonds is 8. The molecular weight excluding hydrogens is 380 g/mol. The number of benzene rings is 2. The predicted molar refractivity (Wildman–Crippen MR) is 105 cm³/mol. The molecule has 4 nitrogen and oxygen atoms in total. The molecule has 2 rings (SSSR count). The third-order valence-corrected chi connectivity index (χ3v) is 4.29. The van der Waals surface area contributed by atoms with Gasteiger partial charge >= 0.3 is 0 Å². The third kappa shape index (κ3) is 6.70. The average molecular weight is 403 g/mol. The summed E-state index contributed by atoms with van der Waals surface area (Å²) in [6.45, 7) is 4.33. The Morgan fingerprint density at radius 3 is 2.72 bits per heavy atom. The fraction of sp³-hybridized carbons (Fsp3) is 0.300. The van der Waals surface area contributed by atoms with Gasteiger partial charge in [0.25, 0.3) is 5.91 Å². The van der Waals surface area contributed by atoms with Crippen molar-refractivity contribution in [3.05, 3.63) is 64.1 Å². The lowest BCUT2D eigenvalue weighted by Gasteiger charge is -2.11. The van der Waals surface area contributed by atoms with Crippen molar-refractivity contribution in [2.45, 2.75) is 32.6 Å². The summed E-state index contributed by atoms with van der Waals surface area (Å²) in [5.74, 6) is 0.919. The maximum Gasteiger partial charge on any atom is 0.277 e. The van der Waals surface area contributed by atoms with Gasteiger partial charge in [-0.2, -0.15) is 5.10 Å². The molecule has 0 unspecified atom stereocenters. The maximum absolute atomic E-state index is 11.8. The van der Waals surface area contributed by atoms with E-state index in [1.165, 1.54) is 18.4 Å². The molecule has 1 atom stereocenters. The second kappa shape index (κ2) is 9.99. The third-order valence-electron chi connectivity index (χ3n) is 3.79. The van der Waals surface area contributed by atoms with Crippen LogP contribution in [0.5, 0.6) is 5.75 Å². The monoisotopic (exact) mass is 402 g/mol. The zero-order valence-corrected chi connectivity index (χ0v) is 16.1. The molecule has 2 aromatic carbocycles. The SMILES string of the molecule is CCC[C@@H](C)c1ccc(OCC(=O)N/N=C\c2cccc(Br)c2)cc1. The van der Waals surface area contributed by atoms with Crippen molar-refractivity contribution >= 4 is 28.1 Å². The topological polar surface area (TPSA) is 50.7 Å². The zero-order valence-electron chi connectivity index (χ0n) is 14.5. The molecule has 2 aromatic rings. The van der Waals surface area contributed by atoms with Gasteiger partial charge in [-0.05, 0) is 47.7 Å². The number of nitrogens with zero attached hydrogens (tertiary/aromatic N) is 1. The van der Waals surface area contributed by atoms with Crippen molar-refractivity contribution in [2.75, 3.05) is 6.61 Å². The van der Waals surface area contributed by atoms with Crippen LogP contribution in [0.15, 0.2) is 58.1 Å². The van der Waals surface area contributed by atoms with Crippen LogP contribution in [-0.4, -0.2) is 18.7 Å². The summed E-state index contributed by atoms with van der Waals surface area (Å²) in [7, 11) is 0. The highest BCUT2D eigenvalue weighted by Crippen LogP contribution is 2.22. The molecule has 0 radical (unpaired) electrons. The van der Waals surface area contributed by atoms with Crippen LogP contribution in [0, 0.1) is 0 Å². The Labute approximate surface area is 157 Å². The van der Waals surface area contributed by atoms with Crippen LogP contribution in [0.1, 0.15) is 43.7 Å². The predicted octanol–water partition coefficient (Wildman–Crippen LogP) is 4.88. The van der Waals surface area contributed by atoms with Crippen LogP contribution in [0.3, 0.4) is 0 Å². The second-order valence-electron chi connectivity index (χ2n) is 5.90. The van der Waals surface area contributed by atoms with Crippen molar-refractivity contribution in [3.63, 3.8) is 0 Å². The molecule has 0 saturated heterocycles. The molecule has 1 N–H and O–H groups in total. The molecule has 0 saturated carbocycles.